The molecular formula is C27H31F3N4S. The second-order valence-corrected chi connectivity index (χ2v) is 11.8. The number of halogens is 3. The van der Waals surface area contributed by atoms with Crippen LogP contribution in [0.25, 0.3) is 10.9 Å². The summed E-state index contributed by atoms with van der Waals surface area (Å²) in [6, 6.07) is 7.12. The first kappa shape index (κ1) is 23.4. The van der Waals surface area contributed by atoms with Crippen molar-refractivity contribution in [2.24, 2.45) is 5.92 Å². The molecule has 186 valence electrons. The number of alkyl halides is 1. The molecule has 35 heavy (non-hydrogen) atoms. The Morgan fingerprint density at radius 3 is 2.63 bits per heavy atom. The van der Waals surface area contributed by atoms with E-state index in [1.807, 2.05) is 18.3 Å². The molecule has 4 nitrogen and oxygen atoms in total. The summed E-state index contributed by atoms with van der Waals surface area (Å²) in [7, 11) is 2.08. The van der Waals surface area contributed by atoms with Gasteiger partial charge in [-0.3, -0.25) is 14.4 Å². The van der Waals surface area contributed by atoms with Crippen molar-refractivity contribution >= 4 is 22.7 Å². The van der Waals surface area contributed by atoms with E-state index in [4.69, 9.17) is 0 Å². The minimum Gasteiger partial charge on any atom is -0.301 e. The number of rotatable bonds is 8. The van der Waals surface area contributed by atoms with Gasteiger partial charge in [0.15, 0.2) is 0 Å². The molecule has 2 atom stereocenters. The molecule has 1 saturated heterocycles. The van der Waals surface area contributed by atoms with Gasteiger partial charge < -0.3 is 4.90 Å². The average molecular weight is 501 g/mol. The van der Waals surface area contributed by atoms with Gasteiger partial charge in [0.25, 0.3) is 0 Å². The minimum atomic E-state index is -0.458. The van der Waals surface area contributed by atoms with Crippen LogP contribution >= 0.6 is 11.8 Å². The van der Waals surface area contributed by atoms with Crippen molar-refractivity contribution < 1.29 is 13.2 Å². The van der Waals surface area contributed by atoms with Gasteiger partial charge in [-0.05, 0) is 55.1 Å². The summed E-state index contributed by atoms with van der Waals surface area (Å²) < 4.78 is 43.9. The van der Waals surface area contributed by atoms with Crippen molar-refractivity contribution in [3.8, 4) is 0 Å². The highest BCUT2D eigenvalue weighted by Crippen LogP contribution is 2.47. The van der Waals surface area contributed by atoms with Crippen LogP contribution < -0.4 is 0 Å². The highest BCUT2D eigenvalue weighted by molar-refractivity contribution is 8.00. The molecule has 1 N–H and O–H groups in total. The van der Waals surface area contributed by atoms with Gasteiger partial charge >= 0.3 is 0 Å². The van der Waals surface area contributed by atoms with E-state index in [1.165, 1.54) is 36.7 Å². The lowest BCUT2D eigenvalue weighted by atomic mass is 9.76. The Bertz CT molecular complexity index is 1200. The fourth-order valence-corrected chi connectivity index (χ4v) is 7.23. The lowest BCUT2D eigenvalue weighted by molar-refractivity contribution is 0.177. The van der Waals surface area contributed by atoms with E-state index in [9.17, 15) is 4.39 Å². The highest BCUT2D eigenvalue weighted by atomic mass is 32.2. The van der Waals surface area contributed by atoms with Crippen molar-refractivity contribution in [1.29, 1.82) is 0 Å². The summed E-state index contributed by atoms with van der Waals surface area (Å²) in [6.07, 6.45) is 5.72. The quantitative estimate of drug-likeness (QED) is 0.429. The van der Waals surface area contributed by atoms with E-state index >= 15 is 8.78 Å². The second kappa shape index (κ2) is 9.45. The average Bonchev–Trinajstić information content (AvgIpc) is 3.49. The maximum atomic E-state index is 15.8. The first-order valence-corrected chi connectivity index (χ1v) is 13.5. The van der Waals surface area contributed by atoms with Gasteiger partial charge in [0.05, 0.1) is 18.4 Å². The van der Waals surface area contributed by atoms with Gasteiger partial charge in [0.1, 0.15) is 11.6 Å². The molecule has 1 aliphatic carbocycles. The highest BCUT2D eigenvalue weighted by Gasteiger charge is 2.41. The molecule has 0 bridgehead atoms. The van der Waals surface area contributed by atoms with Crippen LogP contribution in [0, 0.1) is 17.6 Å². The van der Waals surface area contributed by atoms with Crippen LogP contribution in [0.4, 0.5) is 13.2 Å². The number of nitrogens with one attached hydrogen (secondary N) is 1. The van der Waals surface area contributed by atoms with Gasteiger partial charge in [-0.25, -0.2) is 8.78 Å². The normalized spacial score (nSPS) is 23.5. The molecule has 1 aromatic heterocycles. The Hall–Kier alpha value is -2.03. The van der Waals surface area contributed by atoms with Gasteiger partial charge in [-0.15, -0.1) is 11.8 Å². The van der Waals surface area contributed by atoms with Gasteiger partial charge in [0.2, 0.25) is 0 Å². The number of nitrogens with zero attached hydrogens (tertiary/aromatic N) is 3. The van der Waals surface area contributed by atoms with Gasteiger partial charge in [0, 0.05) is 59.2 Å². The third-order valence-corrected chi connectivity index (χ3v) is 9.07. The first-order valence-electron chi connectivity index (χ1n) is 12.6. The Morgan fingerprint density at radius 1 is 1.14 bits per heavy atom. The molecule has 2 aromatic carbocycles. The second-order valence-electron chi connectivity index (χ2n) is 10.4. The molecule has 6 rings (SSSR count). The maximum absolute atomic E-state index is 15.8. The molecule has 8 heteroatoms. The molecule has 3 heterocycles. The third-order valence-electron chi connectivity index (χ3n) is 7.94. The number of likely N-dealkylation sites (N-methyl/N-ethyl adjacent to an activating group) is 1. The number of likely N-dealkylation sites (tertiary alicyclic amines) is 1. The Balaban J connectivity index is 1.32. The largest absolute Gasteiger partial charge is 0.301 e. The predicted molar refractivity (Wildman–Crippen MR) is 134 cm³/mol. The van der Waals surface area contributed by atoms with Crippen molar-refractivity contribution in [3.63, 3.8) is 0 Å². The van der Waals surface area contributed by atoms with E-state index in [1.54, 1.807) is 0 Å². The van der Waals surface area contributed by atoms with Crippen molar-refractivity contribution in [2.45, 2.75) is 54.3 Å². The van der Waals surface area contributed by atoms with Gasteiger partial charge in [-0.2, -0.15) is 5.10 Å². The summed E-state index contributed by atoms with van der Waals surface area (Å²) in [5.41, 5.74) is 3.26. The number of benzene rings is 2. The van der Waals surface area contributed by atoms with Crippen LogP contribution in [0.5, 0.6) is 0 Å². The van der Waals surface area contributed by atoms with E-state index in [-0.39, 0.29) is 29.4 Å². The smallest absolute Gasteiger partial charge is 0.131 e. The predicted octanol–water partition coefficient (Wildman–Crippen LogP) is 5.72. The summed E-state index contributed by atoms with van der Waals surface area (Å²) in [5, 5.41) is 8.54. The fourth-order valence-electron chi connectivity index (χ4n) is 5.93. The van der Waals surface area contributed by atoms with Crippen LogP contribution in [0.1, 0.15) is 48.3 Å². The SMILES string of the molecule is CN1Cc2c(ccc3[nH]ncc23)[C@@H](c2c(F)cc(SC3CN(CCCF)C3)cc2F)[C@@H]1CC1CC1. The van der Waals surface area contributed by atoms with Crippen LogP contribution in [0.2, 0.25) is 0 Å². The summed E-state index contributed by atoms with van der Waals surface area (Å²) in [4.78, 5) is 5.10. The zero-order valence-corrected chi connectivity index (χ0v) is 20.8. The van der Waals surface area contributed by atoms with E-state index in [0.717, 1.165) is 54.6 Å². The molecule has 0 amide bonds. The van der Waals surface area contributed by atoms with Crippen LogP contribution in [-0.2, 0) is 6.54 Å². The van der Waals surface area contributed by atoms with Crippen molar-refractivity contribution in [3.05, 3.63) is 58.8 Å². The third kappa shape index (κ3) is 4.49. The van der Waals surface area contributed by atoms with Crippen molar-refractivity contribution in [2.75, 3.05) is 33.4 Å². The topological polar surface area (TPSA) is 35.2 Å². The molecule has 3 aliphatic rings. The lowest BCUT2D eigenvalue weighted by Gasteiger charge is -2.42. The summed E-state index contributed by atoms with van der Waals surface area (Å²) in [5.74, 6) is -0.632. The standard InChI is InChI=1S/C27H31F3N4S/c1-33-15-21-19(5-6-24-20(21)12-31-32-24)26(25(33)9-16-3-4-16)27-22(29)10-17(11-23(27)30)35-18-13-34(14-18)8-2-7-28/h5-6,10-12,16,18,25-26H,2-4,7-9,13-15H2,1H3,(H,31,32)/t25-,26+/m0/s1. The monoisotopic (exact) mass is 500 g/mol. The number of aromatic amines is 1. The lowest BCUT2D eigenvalue weighted by Crippen LogP contribution is -2.49. The molecule has 1 saturated carbocycles. The number of thioether (sulfide) groups is 1. The molecule has 0 spiro atoms. The molecule has 0 unspecified atom stereocenters. The van der Waals surface area contributed by atoms with Crippen LogP contribution in [0.15, 0.2) is 35.4 Å². The number of hydrogen-bond acceptors (Lipinski definition) is 4. The Kier molecular flexibility index (Phi) is 6.31. The molecular weight excluding hydrogens is 469 g/mol. The summed E-state index contributed by atoms with van der Waals surface area (Å²) >= 11 is 1.52. The van der Waals surface area contributed by atoms with Crippen LogP contribution in [-0.4, -0.2) is 64.6 Å². The molecule has 2 fully saturated rings. The number of aromatic nitrogens is 2. The fraction of sp³-hybridized carbons (Fsp3) is 0.519. The first-order chi connectivity index (χ1) is 17.0. The van der Waals surface area contributed by atoms with E-state index < -0.39 is 11.6 Å². The maximum Gasteiger partial charge on any atom is 0.131 e. The Labute approximate surface area is 208 Å². The van der Waals surface area contributed by atoms with Gasteiger partial charge in [-0.1, -0.05) is 18.9 Å². The zero-order valence-electron chi connectivity index (χ0n) is 19.9. The van der Waals surface area contributed by atoms with E-state index in [2.05, 4.69) is 27.0 Å². The number of fused-ring (bicyclic) bond motifs is 3. The number of H-pyrrole nitrogens is 1. The number of hydrogen-bond donors (Lipinski definition) is 1. The molecule has 2 aliphatic heterocycles. The zero-order chi connectivity index (χ0) is 24.1. The van der Waals surface area contributed by atoms with Crippen LogP contribution in [0.3, 0.4) is 0 Å². The summed E-state index contributed by atoms with van der Waals surface area (Å²) in [6.45, 7) is 2.86. The molecule has 0 radical (unpaired) electrons. The van der Waals surface area contributed by atoms with Crippen molar-refractivity contribution in [1.82, 2.24) is 20.0 Å². The minimum absolute atomic E-state index is 0.0533. The Morgan fingerprint density at radius 2 is 1.91 bits per heavy atom. The van der Waals surface area contributed by atoms with E-state index in [0.29, 0.717) is 17.2 Å². The molecule has 3 aromatic rings.